The van der Waals surface area contributed by atoms with Crippen molar-refractivity contribution in [3.05, 3.63) is 35.7 Å². The van der Waals surface area contributed by atoms with Crippen molar-refractivity contribution in [3.8, 4) is 17.5 Å². The second-order valence-corrected chi connectivity index (χ2v) is 2.98. The number of nitrogens with one attached hydrogen (secondary N) is 1. The second-order valence-electron chi connectivity index (χ2n) is 2.98. The Kier molecular flexibility index (Phi) is 1.99. The van der Waals surface area contributed by atoms with Crippen molar-refractivity contribution in [1.82, 2.24) is 15.2 Å². The number of aromatic amines is 1. The minimum atomic E-state index is 0.666. The number of hydrogen-bond donors (Lipinski definition) is 1. The Bertz CT molecular complexity index is 479. The Morgan fingerprint density at radius 2 is 2.29 bits per heavy atom. The summed E-state index contributed by atoms with van der Waals surface area (Å²) >= 11 is 0. The highest BCUT2D eigenvalue weighted by molar-refractivity contribution is 5.58. The van der Waals surface area contributed by atoms with E-state index in [9.17, 15) is 0 Å². The first-order valence-electron chi connectivity index (χ1n) is 4.18. The highest BCUT2D eigenvalue weighted by atomic mass is 15.2. The molecule has 1 aromatic carbocycles. The molecule has 0 spiro atoms. The minimum Gasteiger partial charge on any atom is -0.259 e. The number of rotatable bonds is 1. The summed E-state index contributed by atoms with van der Waals surface area (Å²) in [6.07, 6.45) is 1.45. The maximum Gasteiger partial charge on any atom is 0.155 e. The van der Waals surface area contributed by atoms with E-state index in [1.54, 1.807) is 6.07 Å². The molecule has 2 aromatic rings. The van der Waals surface area contributed by atoms with Gasteiger partial charge in [0.25, 0.3) is 0 Å². The molecule has 68 valence electrons. The molecule has 14 heavy (non-hydrogen) atoms. The molecule has 0 fully saturated rings. The van der Waals surface area contributed by atoms with Gasteiger partial charge >= 0.3 is 0 Å². The fraction of sp³-hybridized carbons (Fsp3) is 0.100. The first kappa shape index (κ1) is 8.45. The summed E-state index contributed by atoms with van der Waals surface area (Å²) < 4.78 is 0. The highest BCUT2D eigenvalue weighted by Gasteiger charge is 2.03. The van der Waals surface area contributed by atoms with E-state index >= 15 is 0 Å². The van der Waals surface area contributed by atoms with Crippen LogP contribution in [0.2, 0.25) is 0 Å². The van der Waals surface area contributed by atoms with Crippen molar-refractivity contribution in [2.45, 2.75) is 6.92 Å². The summed E-state index contributed by atoms with van der Waals surface area (Å²) in [6.45, 7) is 1.91. The first-order chi connectivity index (χ1) is 6.81. The number of aryl methyl sites for hydroxylation is 1. The Balaban J connectivity index is 2.53. The van der Waals surface area contributed by atoms with Gasteiger partial charge in [-0.25, -0.2) is 4.98 Å². The van der Waals surface area contributed by atoms with E-state index in [0.717, 1.165) is 11.1 Å². The average molecular weight is 184 g/mol. The number of nitrogens with zero attached hydrogens (tertiary/aromatic N) is 3. The molecule has 0 bridgehead atoms. The summed E-state index contributed by atoms with van der Waals surface area (Å²) in [5.41, 5.74) is 2.51. The maximum atomic E-state index is 8.84. The van der Waals surface area contributed by atoms with Crippen molar-refractivity contribution in [2.24, 2.45) is 0 Å². The van der Waals surface area contributed by atoms with Gasteiger partial charge in [0.15, 0.2) is 5.82 Å². The molecule has 0 radical (unpaired) electrons. The third kappa shape index (κ3) is 1.36. The van der Waals surface area contributed by atoms with Crippen molar-refractivity contribution < 1.29 is 0 Å². The summed E-state index contributed by atoms with van der Waals surface area (Å²) in [6, 6.07) is 7.75. The van der Waals surface area contributed by atoms with Gasteiger partial charge in [0.2, 0.25) is 0 Å². The first-order valence-corrected chi connectivity index (χ1v) is 4.18. The molecule has 0 saturated carbocycles. The molecule has 2 rings (SSSR count). The monoisotopic (exact) mass is 184 g/mol. The van der Waals surface area contributed by atoms with E-state index in [-0.39, 0.29) is 0 Å². The lowest BCUT2D eigenvalue weighted by Gasteiger charge is -1.99. The Hall–Kier alpha value is -2.15. The van der Waals surface area contributed by atoms with Gasteiger partial charge < -0.3 is 0 Å². The Labute approximate surface area is 81.2 Å². The van der Waals surface area contributed by atoms with Gasteiger partial charge in [0, 0.05) is 5.56 Å². The van der Waals surface area contributed by atoms with Gasteiger partial charge in [-0.2, -0.15) is 10.4 Å². The highest BCUT2D eigenvalue weighted by Crippen LogP contribution is 2.17. The second kappa shape index (κ2) is 3.30. The van der Waals surface area contributed by atoms with Crippen LogP contribution < -0.4 is 0 Å². The number of hydrogen-bond acceptors (Lipinski definition) is 3. The van der Waals surface area contributed by atoms with Crippen molar-refractivity contribution in [2.75, 3.05) is 0 Å². The van der Waals surface area contributed by atoms with Gasteiger partial charge in [-0.05, 0) is 18.6 Å². The molecule has 0 aliphatic heterocycles. The van der Waals surface area contributed by atoms with Gasteiger partial charge in [0.05, 0.1) is 11.6 Å². The van der Waals surface area contributed by atoms with E-state index in [0.29, 0.717) is 11.4 Å². The normalized spacial score (nSPS) is 9.71. The van der Waals surface area contributed by atoms with Crippen LogP contribution in [0.1, 0.15) is 11.1 Å². The molecule has 1 heterocycles. The third-order valence-electron chi connectivity index (χ3n) is 2.05. The maximum absolute atomic E-state index is 8.84. The van der Waals surface area contributed by atoms with E-state index < -0.39 is 0 Å². The number of aromatic nitrogens is 3. The van der Waals surface area contributed by atoms with Crippen LogP contribution in [0.3, 0.4) is 0 Å². The minimum absolute atomic E-state index is 0.666. The van der Waals surface area contributed by atoms with Gasteiger partial charge in [0.1, 0.15) is 6.33 Å². The molecule has 0 unspecified atom stereocenters. The summed E-state index contributed by atoms with van der Waals surface area (Å²) in [5, 5.41) is 15.4. The largest absolute Gasteiger partial charge is 0.259 e. The molecule has 0 aliphatic carbocycles. The fourth-order valence-electron chi connectivity index (χ4n) is 1.23. The Morgan fingerprint density at radius 1 is 1.43 bits per heavy atom. The number of nitriles is 1. The fourth-order valence-corrected chi connectivity index (χ4v) is 1.23. The van der Waals surface area contributed by atoms with E-state index in [4.69, 9.17) is 5.26 Å². The van der Waals surface area contributed by atoms with E-state index in [1.807, 2.05) is 19.1 Å². The van der Waals surface area contributed by atoms with Crippen LogP contribution in [0, 0.1) is 18.3 Å². The third-order valence-corrected chi connectivity index (χ3v) is 2.05. The molecule has 0 aliphatic rings. The Morgan fingerprint density at radius 3 is 2.93 bits per heavy atom. The SMILES string of the molecule is Cc1ccc(-c2ncn[nH]2)cc1C#N. The zero-order valence-corrected chi connectivity index (χ0v) is 7.65. The molecule has 0 atom stereocenters. The van der Waals surface area contributed by atoms with Crippen LogP contribution in [-0.2, 0) is 0 Å². The zero-order chi connectivity index (χ0) is 9.97. The van der Waals surface area contributed by atoms with Crippen molar-refractivity contribution in [3.63, 3.8) is 0 Å². The molecular weight excluding hydrogens is 176 g/mol. The summed E-state index contributed by atoms with van der Waals surface area (Å²) in [5.74, 6) is 0.682. The lowest BCUT2D eigenvalue weighted by molar-refractivity contribution is 1.09. The standard InChI is InChI=1S/C10H8N4/c1-7-2-3-8(4-9(7)5-11)10-12-6-13-14-10/h2-4,6H,1H3,(H,12,13,14). The van der Waals surface area contributed by atoms with Crippen LogP contribution in [0.5, 0.6) is 0 Å². The predicted molar refractivity (Wildman–Crippen MR) is 51.3 cm³/mol. The van der Waals surface area contributed by atoms with Crippen LogP contribution in [0.4, 0.5) is 0 Å². The van der Waals surface area contributed by atoms with Gasteiger partial charge in [-0.15, -0.1) is 0 Å². The lowest BCUT2D eigenvalue weighted by atomic mass is 10.1. The zero-order valence-electron chi connectivity index (χ0n) is 7.65. The predicted octanol–water partition coefficient (Wildman–Crippen LogP) is 1.65. The van der Waals surface area contributed by atoms with E-state index in [1.165, 1.54) is 6.33 Å². The van der Waals surface area contributed by atoms with Crippen LogP contribution in [0.15, 0.2) is 24.5 Å². The molecule has 1 N–H and O–H groups in total. The van der Waals surface area contributed by atoms with Crippen LogP contribution in [-0.4, -0.2) is 15.2 Å². The molecule has 4 nitrogen and oxygen atoms in total. The van der Waals surface area contributed by atoms with Crippen molar-refractivity contribution >= 4 is 0 Å². The molecule has 0 saturated heterocycles. The van der Waals surface area contributed by atoms with Gasteiger partial charge in [-0.3, -0.25) is 5.10 Å². The van der Waals surface area contributed by atoms with Crippen LogP contribution in [0.25, 0.3) is 11.4 Å². The number of benzene rings is 1. The number of H-pyrrole nitrogens is 1. The van der Waals surface area contributed by atoms with E-state index in [2.05, 4.69) is 21.3 Å². The molecule has 0 amide bonds. The molecular formula is C10H8N4. The summed E-state index contributed by atoms with van der Waals surface area (Å²) in [4.78, 5) is 4.02. The summed E-state index contributed by atoms with van der Waals surface area (Å²) in [7, 11) is 0. The smallest absolute Gasteiger partial charge is 0.155 e. The quantitative estimate of drug-likeness (QED) is 0.732. The van der Waals surface area contributed by atoms with Crippen molar-refractivity contribution in [1.29, 1.82) is 5.26 Å². The van der Waals surface area contributed by atoms with Crippen LogP contribution >= 0.6 is 0 Å². The lowest BCUT2D eigenvalue weighted by Crippen LogP contribution is -1.86. The molecule has 4 heteroatoms. The molecule has 1 aromatic heterocycles. The topological polar surface area (TPSA) is 65.4 Å². The van der Waals surface area contributed by atoms with Gasteiger partial charge in [-0.1, -0.05) is 12.1 Å². The average Bonchev–Trinajstić information content (AvgIpc) is 2.71.